The van der Waals surface area contributed by atoms with Crippen molar-refractivity contribution in [3.8, 4) is 0 Å². The predicted molar refractivity (Wildman–Crippen MR) is 123 cm³/mol. The summed E-state index contributed by atoms with van der Waals surface area (Å²) in [5.41, 5.74) is 2.84. The number of piperazine rings is 1. The Bertz CT molecular complexity index is 1210. The van der Waals surface area contributed by atoms with E-state index in [1.54, 1.807) is 24.4 Å². The number of rotatable bonds is 4. The monoisotopic (exact) mass is 434 g/mol. The molecule has 0 atom stereocenters. The summed E-state index contributed by atoms with van der Waals surface area (Å²) in [6.07, 6.45) is 3.56. The van der Waals surface area contributed by atoms with Gasteiger partial charge in [0.05, 0.1) is 5.52 Å². The van der Waals surface area contributed by atoms with Gasteiger partial charge in [0.15, 0.2) is 0 Å². The molecule has 6 nitrogen and oxygen atoms in total. The minimum absolute atomic E-state index is 0.267. The van der Waals surface area contributed by atoms with Crippen LogP contribution in [-0.2, 0) is 0 Å². The molecule has 2 aromatic heterocycles. The molecule has 1 N–H and O–H groups in total. The number of halogens is 2. The quantitative estimate of drug-likeness (QED) is 0.493. The zero-order valence-electron chi connectivity index (χ0n) is 16.7. The normalized spacial score (nSPS) is 14.1. The number of aromatic nitrogens is 3. The highest BCUT2D eigenvalue weighted by Gasteiger charge is 2.21. The highest BCUT2D eigenvalue weighted by Crippen LogP contribution is 2.28. The highest BCUT2D eigenvalue weighted by molar-refractivity contribution is 6.31. The summed E-state index contributed by atoms with van der Waals surface area (Å²) in [5.74, 6) is 1.09. The third kappa shape index (κ3) is 4.22. The number of nitrogens with one attached hydrogen (secondary N) is 1. The molecule has 0 spiro atoms. The summed E-state index contributed by atoms with van der Waals surface area (Å²) < 4.78 is 13.1. The molecule has 0 radical (unpaired) electrons. The van der Waals surface area contributed by atoms with Crippen LogP contribution in [0.2, 0.25) is 5.02 Å². The molecule has 1 aliphatic rings. The van der Waals surface area contributed by atoms with Crippen LogP contribution in [-0.4, -0.2) is 41.1 Å². The van der Waals surface area contributed by atoms with Crippen LogP contribution in [0.15, 0.2) is 67.0 Å². The molecular formula is C23H20ClFN6. The lowest BCUT2D eigenvalue weighted by atomic mass is 10.1. The maximum atomic E-state index is 13.1. The molecule has 4 aromatic rings. The fraction of sp³-hybridized carbons (Fsp3) is 0.174. The van der Waals surface area contributed by atoms with E-state index in [-0.39, 0.29) is 5.82 Å². The molecule has 1 saturated heterocycles. The fourth-order valence-corrected chi connectivity index (χ4v) is 3.95. The Morgan fingerprint density at radius 1 is 0.839 bits per heavy atom. The van der Waals surface area contributed by atoms with Crippen molar-refractivity contribution in [2.75, 3.05) is 41.3 Å². The van der Waals surface area contributed by atoms with E-state index >= 15 is 0 Å². The van der Waals surface area contributed by atoms with Crippen molar-refractivity contribution in [2.24, 2.45) is 0 Å². The van der Waals surface area contributed by atoms with Gasteiger partial charge >= 0.3 is 0 Å². The molecule has 0 aliphatic carbocycles. The topological polar surface area (TPSA) is 57.2 Å². The first kappa shape index (κ1) is 19.5. The van der Waals surface area contributed by atoms with Gasteiger partial charge in [-0.1, -0.05) is 11.6 Å². The lowest BCUT2D eigenvalue weighted by Crippen LogP contribution is -2.47. The summed E-state index contributed by atoms with van der Waals surface area (Å²) in [7, 11) is 0. The summed E-state index contributed by atoms with van der Waals surface area (Å²) in [6, 6.07) is 15.9. The number of hydrogen-bond donors (Lipinski definition) is 1. The molecule has 1 fully saturated rings. The molecule has 31 heavy (non-hydrogen) atoms. The summed E-state index contributed by atoms with van der Waals surface area (Å²) in [5, 5.41) is 4.98. The van der Waals surface area contributed by atoms with Crippen molar-refractivity contribution in [1.82, 2.24) is 15.0 Å². The molecule has 0 unspecified atom stereocenters. The molecule has 0 saturated carbocycles. The van der Waals surface area contributed by atoms with E-state index in [0.29, 0.717) is 16.8 Å². The predicted octanol–water partition coefficient (Wildman–Crippen LogP) is 4.89. The van der Waals surface area contributed by atoms with Crippen LogP contribution >= 0.6 is 11.6 Å². The zero-order chi connectivity index (χ0) is 21.2. The maximum Gasteiger partial charge on any atom is 0.227 e. The van der Waals surface area contributed by atoms with Crippen molar-refractivity contribution in [3.63, 3.8) is 0 Å². The molecule has 156 valence electrons. The Morgan fingerprint density at radius 3 is 2.39 bits per heavy atom. The number of anilines is 4. The van der Waals surface area contributed by atoms with E-state index < -0.39 is 0 Å². The number of benzene rings is 2. The zero-order valence-corrected chi connectivity index (χ0v) is 17.4. The van der Waals surface area contributed by atoms with Gasteiger partial charge in [0.1, 0.15) is 11.6 Å². The van der Waals surface area contributed by atoms with Crippen LogP contribution in [0.3, 0.4) is 0 Å². The van der Waals surface area contributed by atoms with Crippen molar-refractivity contribution in [1.29, 1.82) is 0 Å². The fourth-order valence-electron chi connectivity index (χ4n) is 3.78. The maximum absolute atomic E-state index is 13.1. The molecule has 0 amide bonds. The Kier molecular flexibility index (Phi) is 5.26. The molecule has 1 aliphatic heterocycles. The largest absolute Gasteiger partial charge is 0.367 e. The van der Waals surface area contributed by atoms with Gasteiger partial charge in [-0.05, 0) is 54.6 Å². The third-order valence-corrected chi connectivity index (χ3v) is 5.58. The first-order valence-corrected chi connectivity index (χ1v) is 10.4. The third-order valence-electron chi connectivity index (χ3n) is 5.34. The standard InChI is InChI=1S/C23H20ClFN6/c24-16-1-6-19-20(15-16)26-9-7-21(19)30-11-13-31(14-12-30)23-27-10-8-22(29-23)28-18-4-2-17(25)3-5-18/h1-10,15H,11-14H2,(H,27,28,29). The lowest BCUT2D eigenvalue weighted by molar-refractivity contribution is 0.628. The van der Waals surface area contributed by atoms with Gasteiger partial charge in [0, 0.05) is 60.4 Å². The Morgan fingerprint density at radius 2 is 1.58 bits per heavy atom. The average Bonchev–Trinajstić information content (AvgIpc) is 2.80. The van der Waals surface area contributed by atoms with E-state index in [2.05, 4.69) is 36.1 Å². The van der Waals surface area contributed by atoms with Crippen molar-refractivity contribution < 1.29 is 4.39 Å². The minimum Gasteiger partial charge on any atom is -0.367 e. The summed E-state index contributed by atoms with van der Waals surface area (Å²) in [6.45, 7) is 3.30. The Labute approximate surface area is 184 Å². The van der Waals surface area contributed by atoms with Gasteiger partial charge in [0.2, 0.25) is 5.95 Å². The van der Waals surface area contributed by atoms with E-state index in [0.717, 1.165) is 48.5 Å². The first-order chi connectivity index (χ1) is 15.2. The average molecular weight is 435 g/mol. The van der Waals surface area contributed by atoms with E-state index in [9.17, 15) is 4.39 Å². The van der Waals surface area contributed by atoms with E-state index in [1.165, 1.54) is 12.1 Å². The van der Waals surface area contributed by atoms with Crippen molar-refractivity contribution in [2.45, 2.75) is 0 Å². The van der Waals surface area contributed by atoms with Crippen LogP contribution in [0.5, 0.6) is 0 Å². The van der Waals surface area contributed by atoms with Crippen molar-refractivity contribution in [3.05, 3.63) is 77.8 Å². The van der Waals surface area contributed by atoms with Crippen LogP contribution in [0, 0.1) is 5.82 Å². The summed E-state index contributed by atoms with van der Waals surface area (Å²) >= 11 is 6.12. The number of nitrogens with zero attached hydrogens (tertiary/aromatic N) is 5. The second-order valence-electron chi connectivity index (χ2n) is 7.34. The summed E-state index contributed by atoms with van der Waals surface area (Å²) in [4.78, 5) is 18.1. The van der Waals surface area contributed by atoms with Gasteiger partial charge < -0.3 is 15.1 Å². The molecular weight excluding hydrogens is 415 g/mol. The van der Waals surface area contributed by atoms with Gasteiger partial charge in [-0.25, -0.2) is 9.37 Å². The number of fused-ring (bicyclic) bond motifs is 1. The number of pyridine rings is 1. The van der Waals surface area contributed by atoms with Gasteiger partial charge in [-0.2, -0.15) is 4.98 Å². The van der Waals surface area contributed by atoms with Gasteiger partial charge in [-0.15, -0.1) is 0 Å². The van der Waals surface area contributed by atoms with Crippen LogP contribution in [0.25, 0.3) is 10.9 Å². The second-order valence-corrected chi connectivity index (χ2v) is 7.78. The molecule has 5 rings (SSSR count). The van der Waals surface area contributed by atoms with Crippen LogP contribution in [0.1, 0.15) is 0 Å². The smallest absolute Gasteiger partial charge is 0.227 e. The van der Waals surface area contributed by atoms with Crippen molar-refractivity contribution >= 4 is 45.6 Å². The van der Waals surface area contributed by atoms with Crippen LogP contribution < -0.4 is 15.1 Å². The van der Waals surface area contributed by atoms with E-state index in [1.807, 2.05) is 24.4 Å². The lowest BCUT2D eigenvalue weighted by Gasteiger charge is -2.36. The minimum atomic E-state index is -0.267. The molecule has 0 bridgehead atoms. The SMILES string of the molecule is Fc1ccc(Nc2ccnc(N3CCN(c4ccnc5cc(Cl)ccc45)CC3)n2)cc1. The second kappa shape index (κ2) is 8.35. The Hall–Kier alpha value is -3.45. The molecule has 8 heteroatoms. The number of hydrogen-bond acceptors (Lipinski definition) is 6. The van der Waals surface area contributed by atoms with Gasteiger partial charge in [-0.3, -0.25) is 4.98 Å². The Balaban J connectivity index is 1.29. The van der Waals surface area contributed by atoms with E-state index in [4.69, 9.17) is 11.6 Å². The molecule has 3 heterocycles. The highest BCUT2D eigenvalue weighted by atomic mass is 35.5. The first-order valence-electron chi connectivity index (χ1n) is 10.1. The molecule has 2 aromatic carbocycles. The van der Waals surface area contributed by atoms with Crippen LogP contribution in [0.4, 0.5) is 27.5 Å². The van der Waals surface area contributed by atoms with Gasteiger partial charge in [0.25, 0.3) is 0 Å².